The molecule has 4 atom stereocenters. The van der Waals surface area contributed by atoms with Crippen molar-refractivity contribution in [2.24, 2.45) is 11.8 Å². The smallest absolute Gasteiger partial charge is 0.142 e. The Bertz CT molecular complexity index is 671. The van der Waals surface area contributed by atoms with Gasteiger partial charge in [0.1, 0.15) is 5.78 Å². The Hall–Kier alpha value is -1.35. The second kappa shape index (κ2) is 6.64. The van der Waals surface area contributed by atoms with Crippen molar-refractivity contribution in [3.63, 3.8) is 0 Å². The molecule has 1 N–H and O–H groups in total. The van der Waals surface area contributed by atoms with Crippen molar-refractivity contribution in [3.8, 4) is 0 Å². The van der Waals surface area contributed by atoms with Crippen molar-refractivity contribution in [2.45, 2.75) is 25.9 Å². The van der Waals surface area contributed by atoms with Gasteiger partial charge < -0.3 is 5.32 Å². The van der Waals surface area contributed by atoms with Gasteiger partial charge in [-0.1, -0.05) is 73.4 Å². The molecule has 0 aliphatic carbocycles. The molecule has 1 fully saturated rings. The first-order valence-electron chi connectivity index (χ1n) is 7.79. The van der Waals surface area contributed by atoms with E-state index in [1.165, 1.54) is 0 Å². The summed E-state index contributed by atoms with van der Waals surface area (Å²) in [6, 6.07) is 15.1. The van der Waals surface area contributed by atoms with Gasteiger partial charge in [-0.05, 0) is 23.3 Å². The van der Waals surface area contributed by atoms with Crippen molar-refractivity contribution >= 4 is 29.0 Å². The summed E-state index contributed by atoms with van der Waals surface area (Å²) in [7, 11) is 0. The number of hydrogen-bond acceptors (Lipinski definition) is 2. The summed E-state index contributed by atoms with van der Waals surface area (Å²) in [5.74, 6) is -0.0362. The van der Waals surface area contributed by atoms with E-state index in [-0.39, 0.29) is 29.7 Å². The van der Waals surface area contributed by atoms with Gasteiger partial charge in [0, 0.05) is 34.0 Å². The van der Waals surface area contributed by atoms with Crippen LogP contribution in [-0.4, -0.2) is 5.78 Å². The molecule has 0 radical (unpaired) electrons. The molecule has 0 amide bonds. The summed E-state index contributed by atoms with van der Waals surface area (Å²) in [6.45, 7) is 3.92. The third-order valence-electron chi connectivity index (χ3n) is 4.74. The second-order valence-electron chi connectivity index (χ2n) is 6.14. The molecule has 2 aromatic rings. The maximum atomic E-state index is 12.8. The van der Waals surface area contributed by atoms with Crippen LogP contribution in [0.4, 0.5) is 0 Å². The summed E-state index contributed by atoms with van der Waals surface area (Å²) >= 11 is 12.7. The fraction of sp³-hybridized carbons (Fsp3) is 0.316. The number of halogens is 2. The number of hydrogen-bond donors (Lipinski definition) is 1. The molecule has 4 heteroatoms. The molecule has 3 rings (SSSR count). The van der Waals surface area contributed by atoms with E-state index in [1.807, 2.05) is 62.4 Å². The first-order chi connectivity index (χ1) is 11.0. The molecular weight excluding hydrogens is 329 g/mol. The molecule has 1 aliphatic heterocycles. The summed E-state index contributed by atoms with van der Waals surface area (Å²) in [4.78, 5) is 12.8. The van der Waals surface area contributed by atoms with Crippen molar-refractivity contribution in [1.29, 1.82) is 0 Å². The standard InChI is InChI=1S/C19H19Cl2NO/c1-11-17(13-7-3-5-9-15(13)20)22-18(12(2)19(11)23)14-8-4-6-10-16(14)21/h3-12,17-18,22H,1-2H3. The summed E-state index contributed by atoms with van der Waals surface area (Å²) in [6.07, 6.45) is 0. The minimum absolute atomic E-state index is 0.117. The lowest BCUT2D eigenvalue weighted by Crippen LogP contribution is -2.46. The molecule has 4 unspecified atom stereocenters. The van der Waals surface area contributed by atoms with E-state index >= 15 is 0 Å². The predicted octanol–water partition coefficient (Wildman–Crippen LogP) is 5.22. The third-order valence-corrected chi connectivity index (χ3v) is 5.43. The predicted molar refractivity (Wildman–Crippen MR) is 94.9 cm³/mol. The van der Waals surface area contributed by atoms with Gasteiger partial charge in [0.15, 0.2) is 0 Å². The molecule has 0 bridgehead atoms. The van der Waals surface area contributed by atoms with E-state index in [2.05, 4.69) is 5.32 Å². The maximum Gasteiger partial charge on any atom is 0.142 e. The molecule has 0 aromatic heterocycles. The third kappa shape index (κ3) is 3.03. The van der Waals surface area contributed by atoms with Crippen LogP contribution < -0.4 is 5.32 Å². The normalized spacial score (nSPS) is 27.9. The number of rotatable bonds is 2. The molecule has 1 heterocycles. The number of carbonyl (C=O) groups excluding carboxylic acids is 1. The van der Waals surface area contributed by atoms with Crippen LogP contribution in [0.5, 0.6) is 0 Å². The summed E-state index contributed by atoms with van der Waals surface area (Å²) in [5, 5.41) is 4.96. The maximum absolute atomic E-state index is 12.8. The molecule has 0 saturated carbocycles. The second-order valence-corrected chi connectivity index (χ2v) is 6.96. The lowest BCUT2D eigenvalue weighted by Gasteiger charge is -2.40. The van der Waals surface area contributed by atoms with Crippen LogP contribution >= 0.6 is 23.2 Å². The van der Waals surface area contributed by atoms with Crippen LogP contribution in [0.3, 0.4) is 0 Å². The monoisotopic (exact) mass is 347 g/mol. The lowest BCUT2D eigenvalue weighted by atomic mass is 9.76. The molecule has 2 aromatic carbocycles. The van der Waals surface area contributed by atoms with E-state index in [0.717, 1.165) is 11.1 Å². The van der Waals surface area contributed by atoms with Gasteiger partial charge in [-0.3, -0.25) is 4.79 Å². The topological polar surface area (TPSA) is 29.1 Å². The molecule has 1 saturated heterocycles. The van der Waals surface area contributed by atoms with Gasteiger partial charge in [-0.25, -0.2) is 0 Å². The van der Waals surface area contributed by atoms with Gasteiger partial charge in [-0.15, -0.1) is 0 Å². The average Bonchev–Trinajstić information content (AvgIpc) is 2.55. The van der Waals surface area contributed by atoms with E-state index in [0.29, 0.717) is 10.0 Å². The zero-order valence-electron chi connectivity index (χ0n) is 13.1. The Morgan fingerprint density at radius 2 is 1.17 bits per heavy atom. The Balaban J connectivity index is 2.02. The van der Waals surface area contributed by atoms with Crippen LogP contribution in [-0.2, 0) is 4.79 Å². The molecule has 23 heavy (non-hydrogen) atoms. The van der Waals surface area contributed by atoms with Crippen molar-refractivity contribution < 1.29 is 4.79 Å². The fourth-order valence-corrected chi connectivity index (χ4v) is 3.90. The van der Waals surface area contributed by atoms with Crippen molar-refractivity contribution in [1.82, 2.24) is 5.32 Å². The molecule has 120 valence electrons. The largest absolute Gasteiger partial charge is 0.302 e. The highest BCUT2D eigenvalue weighted by Crippen LogP contribution is 2.41. The van der Waals surface area contributed by atoms with E-state index in [9.17, 15) is 4.79 Å². The zero-order valence-corrected chi connectivity index (χ0v) is 14.6. The number of piperidine rings is 1. The minimum Gasteiger partial charge on any atom is -0.302 e. The Labute approximate surface area is 146 Å². The van der Waals surface area contributed by atoms with Crippen LogP contribution in [0.1, 0.15) is 37.1 Å². The van der Waals surface area contributed by atoms with E-state index in [4.69, 9.17) is 23.2 Å². The van der Waals surface area contributed by atoms with Crippen LogP contribution in [0, 0.1) is 11.8 Å². The Morgan fingerprint density at radius 1 is 0.783 bits per heavy atom. The SMILES string of the molecule is CC1C(=O)C(C)C(c2ccccc2Cl)NC1c1ccccc1Cl. The molecular formula is C19H19Cl2NO. The van der Waals surface area contributed by atoms with Crippen LogP contribution in [0.15, 0.2) is 48.5 Å². The fourth-order valence-electron chi connectivity index (χ4n) is 3.40. The average molecular weight is 348 g/mol. The van der Waals surface area contributed by atoms with Gasteiger partial charge in [0.25, 0.3) is 0 Å². The first kappa shape index (κ1) is 16.5. The summed E-state index contributed by atoms with van der Waals surface area (Å²) < 4.78 is 0. The highest BCUT2D eigenvalue weighted by molar-refractivity contribution is 6.31. The molecule has 1 aliphatic rings. The number of Topliss-reactive ketones (excluding diaryl/α,β-unsaturated/α-hetero) is 1. The molecule has 2 nitrogen and oxygen atoms in total. The number of nitrogens with one attached hydrogen (secondary N) is 1. The zero-order chi connectivity index (χ0) is 16.6. The lowest BCUT2D eigenvalue weighted by molar-refractivity contribution is -0.130. The van der Waals surface area contributed by atoms with Crippen molar-refractivity contribution in [3.05, 3.63) is 69.7 Å². The van der Waals surface area contributed by atoms with Gasteiger partial charge in [0.05, 0.1) is 0 Å². The Morgan fingerprint density at radius 3 is 1.57 bits per heavy atom. The number of carbonyl (C=O) groups is 1. The van der Waals surface area contributed by atoms with Crippen LogP contribution in [0.25, 0.3) is 0 Å². The Kier molecular flexibility index (Phi) is 4.77. The van der Waals surface area contributed by atoms with E-state index in [1.54, 1.807) is 0 Å². The summed E-state index contributed by atoms with van der Waals surface area (Å²) in [5.41, 5.74) is 1.91. The van der Waals surface area contributed by atoms with Crippen molar-refractivity contribution in [2.75, 3.05) is 0 Å². The van der Waals surface area contributed by atoms with Gasteiger partial charge in [-0.2, -0.15) is 0 Å². The quantitative estimate of drug-likeness (QED) is 0.806. The minimum atomic E-state index is -0.136. The highest BCUT2D eigenvalue weighted by Gasteiger charge is 2.41. The van der Waals surface area contributed by atoms with Gasteiger partial charge >= 0.3 is 0 Å². The van der Waals surface area contributed by atoms with Gasteiger partial charge in [0.2, 0.25) is 0 Å². The van der Waals surface area contributed by atoms with E-state index < -0.39 is 0 Å². The number of benzene rings is 2. The van der Waals surface area contributed by atoms with Crippen LogP contribution in [0.2, 0.25) is 10.0 Å². The first-order valence-corrected chi connectivity index (χ1v) is 8.55. The molecule has 0 spiro atoms. The number of ketones is 1. The highest BCUT2D eigenvalue weighted by atomic mass is 35.5.